The van der Waals surface area contributed by atoms with Gasteiger partial charge in [0.15, 0.2) is 0 Å². The molecule has 3 rings (SSSR count). The molecule has 122 valence electrons. The van der Waals surface area contributed by atoms with E-state index in [2.05, 4.69) is 10.2 Å². The minimum Gasteiger partial charge on any atom is -0.343 e. The average molecular weight is 362 g/mol. The van der Waals surface area contributed by atoms with Gasteiger partial charge in [0.1, 0.15) is 5.69 Å². The van der Waals surface area contributed by atoms with Crippen LogP contribution in [-0.4, -0.2) is 20.5 Å². The zero-order valence-corrected chi connectivity index (χ0v) is 14.2. The predicted octanol–water partition coefficient (Wildman–Crippen LogP) is 3.24. The van der Waals surface area contributed by atoms with E-state index in [0.29, 0.717) is 33.4 Å². The number of nitrogens with one attached hydrogen (secondary N) is 1. The molecule has 0 aliphatic rings. The minimum absolute atomic E-state index is 0.181. The smallest absolute Gasteiger partial charge is 0.264 e. The molecule has 7 heteroatoms. The quantitative estimate of drug-likeness (QED) is 0.725. The fourth-order valence-corrected chi connectivity index (χ4v) is 2.91. The van der Waals surface area contributed by atoms with Gasteiger partial charge < -0.3 is 4.57 Å². The molecule has 24 heavy (non-hydrogen) atoms. The Hall–Kier alpha value is -2.37. The molecule has 0 bridgehead atoms. The molecule has 2 aromatic heterocycles. The van der Waals surface area contributed by atoms with Crippen LogP contribution in [0.3, 0.4) is 0 Å². The average Bonchev–Trinajstić information content (AvgIpc) is 2.83. The van der Waals surface area contributed by atoms with Gasteiger partial charge in [-0.1, -0.05) is 23.2 Å². The van der Waals surface area contributed by atoms with Gasteiger partial charge in [-0.25, -0.2) is 5.10 Å². The topological polar surface area (TPSA) is 67.8 Å². The van der Waals surface area contributed by atoms with Crippen molar-refractivity contribution in [2.24, 2.45) is 7.05 Å². The van der Waals surface area contributed by atoms with Crippen molar-refractivity contribution in [2.75, 3.05) is 0 Å². The van der Waals surface area contributed by atoms with Crippen LogP contribution < -0.4 is 5.56 Å². The molecule has 0 radical (unpaired) electrons. The number of hydrogen-bond donors (Lipinski definition) is 1. The van der Waals surface area contributed by atoms with Gasteiger partial charge in [0.05, 0.1) is 10.7 Å². The third kappa shape index (κ3) is 3.27. The minimum atomic E-state index is -0.262. The first-order valence-corrected chi connectivity index (χ1v) is 7.90. The first-order valence-electron chi connectivity index (χ1n) is 7.14. The van der Waals surface area contributed by atoms with Gasteiger partial charge in [0.25, 0.3) is 5.56 Å². The Morgan fingerprint density at radius 2 is 1.88 bits per heavy atom. The summed E-state index contributed by atoms with van der Waals surface area (Å²) in [5, 5.41) is 7.30. The number of aromatic nitrogens is 3. The number of benzene rings is 1. The summed E-state index contributed by atoms with van der Waals surface area (Å²) < 4.78 is 1.74. The molecule has 0 aliphatic carbocycles. The number of rotatable bonds is 4. The van der Waals surface area contributed by atoms with E-state index >= 15 is 0 Å². The first kappa shape index (κ1) is 16.5. The highest BCUT2D eigenvalue weighted by molar-refractivity contribution is 6.35. The van der Waals surface area contributed by atoms with E-state index < -0.39 is 0 Å². The first-order chi connectivity index (χ1) is 11.5. The Morgan fingerprint density at radius 3 is 2.50 bits per heavy atom. The van der Waals surface area contributed by atoms with Gasteiger partial charge in [-0.2, -0.15) is 5.10 Å². The second kappa shape index (κ2) is 6.63. The van der Waals surface area contributed by atoms with Crippen molar-refractivity contribution in [3.05, 3.63) is 85.5 Å². The van der Waals surface area contributed by atoms with Gasteiger partial charge in [0, 0.05) is 35.8 Å². The van der Waals surface area contributed by atoms with Crippen molar-refractivity contribution in [2.45, 2.75) is 6.42 Å². The molecule has 0 saturated heterocycles. The van der Waals surface area contributed by atoms with Crippen molar-refractivity contribution in [1.82, 2.24) is 14.8 Å². The Labute approximate surface area is 147 Å². The van der Waals surface area contributed by atoms with Crippen molar-refractivity contribution in [3.63, 3.8) is 0 Å². The number of carbonyl (C=O) groups is 1. The van der Waals surface area contributed by atoms with Gasteiger partial charge in [-0.3, -0.25) is 9.59 Å². The Balaban J connectivity index is 1.94. The van der Waals surface area contributed by atoms with Crippen LogP contribution >= 0.6 is 23.2 Å². The van der Waals surface area contributed by atoms with Crippen LogP contribution in [0.5, 0.6) is 0 Å². The van der Waals surface area contributed by atoms with E-state index in [9.17, 15) is 9.59 Å². The van der Waals surface area contributed by atoms with Crippen molar-refractivity contribution < 1.29 is 4.79 Å². The number of ketones is 1. The fraction of sp³-hybridized carbons (Fsp3) is 0.118. The molecule has 0 amide bonds. The monoisotopic (exact) mass is 361 g/mol. The molecule has 0 aliphatic heterocycles. The lowest BCUT2D eigenvalue weighted by Gasteiger charge is -2.07. The van der Waals surface area contributed by atoms with Crippen LogP contribution in [0, 0.1) is 0 Å². The maximum absolute atomic E-state index is 12.7. The van der Waals surface area contributed by atoms with Gasteiger partial charge >= 0.3 is 0 Å². The van der Waals surface area contributed by atoms with E-state index in [-0.39, 0.29) is 11.3 Å². The van der Waals surface area contributed by atoms with E-state index in [4.69, 9.17) is 23.2 Å². The second-order valence-corrected chi connectivity index (χ2v) is 6.16. The normalized spacial score (nSPS) is 10.8. The molecule has 2 heterocycles. The number of carbonyl (C=O) groups excluding carboxylic acids is 1. The molecule has 0 unspecified atom stereocenters. The summed E-state index contributed by atoms with van der Waals surface area (Å²) >= 11 is 12.1. The van der Waals surface area contributed by atoms with Crippen molar-refractivity contribution in [1.29, 1.82) is 0 Å². The second-order valence-electron chi connectivity index (χ2n) is 5.32. The van der Waals surface area contributed by atoms with Crippen LogP contribution in [0.1, 0.15) is 27.4 Å². The maximum Gasteiger partial charge on any atom is 0.264 e. The summed E-state index contributed by atoms with van der Waals surface area (Å²) in [7, 11) is 1.77. The summed E-state index contributed by atoms with van der Waals surface area (Å²) in [5.74, 6) is -0.181. The Bertz CT molecular complexity index is 938. The van der Waals surface area contributed by atoms with E-state index in [1.54, 1.807) is 48.0 Å². The van der Waals surface area contributed by atoms with E-state index in [1.807, 2.05) is 0 Å². The standard InChI is InChI=1S/C17H13Cl2N3O2/c1-22-13(8-12-6-7-15(23)21-20-12)9-14(19)16(22)17(24)10-2-4-11(18)5-3-10/h2-7,9H,8H2,1H3,(H,21,23). The summed E-state index contributed by atoms with van der Waals surface area (Å²) in [5.41, 5.74) is 2.14. The van der Waals surface area contributed by atoms with Crippen LogP contribution in [-0.2, 0) is 13.5 Å². The number of hydrogen-bond acceptors (Lipinski definition) is 3. The fourth-order valence-electron chi connectivity index (χ4n) is 2.44. The molecule has 0 fully saturated rings. The van der Waals surface area contributed by atoms with Crippen LogP contribution in [0.25, 0.3) is 0 Å². The van der Waals surface area contributed by atoms with Crippen LogP contribution in [0.2, 0.25) is 10.0 Å². The van der Waals surface area contributed by atoms with Gasteiger partial charge in [-0.15, -0.1) is 0 Å². The molecule has 1 N–H and O–H groups in total. The van der Waals surface area contributed by atoms with E-state index in [1.165, 1.54) is 6.07 Å². The zero-order valence-electron chi connectivity index (χ0n) is 12.7. The highest BCUT2D eigenvalue weighted by Crippen LogP contribution is 2.25. The molecule has 1 aromatic carbocycles. The van der Waals surface area contributed by atoms with Crippen LogP contribution in [0.4, 0.5) is 0 Å². The third-order valence-electron chi connectivity index (χ3n) is 3.71. The summed E-state index contributed by atoms with van der Waals surface area (Å²) in [6.07, 6.45) is 0.445. The van der Waals surface area contributed by atoms with E-state index in [0.717, 1.165) is 5.69 Å². The van der Waals surface area contributed by atoms with Crippen molar-refractivity contribution >= 4 is 29.0 Å². The summed E-state index contributed by atoms with van der Waals surface area (Å²) in [6, 6.07) is 11.4. The Morgan fingerprint density at radius 1 is 1.17 bits per heavy atom. The SMILES string of the molecule is Cn1c(Cc2ccc(=O)[nH]n2)cc(Cl)c1C(=O)c1ccc(Cl)cc1. The van der Waals surface area contributed by atoms with Crippen LogP contribution in [0.15, 0.2) is 47.3 Å². The highest BCUT2D eigenvalue weighted by atomic mass is 35.5. The predicted molar refractivity (Wildman–Crippen MR) is 93.0 cm³/mol. The van der Waals surface area contributed by atoms with Gasteiger partial charge in [-0.05, 0) is 36.4 Å². The summed E-state index contributed by atoms with van der Waals surface area (Å²) in [6.45, 7) is 0. The lowest BCUT2D eigenvalue weighted by Crippen LogP contribution is -2.11. The lowest BCUT2D eigenvalue weighted by atomic mass is 10.1. The number of halogens is 2. The molecular weight excluding hydrogens is 349 g/mol. The zero-order chi connectivity index (χ0) is 17.3. The highest BCUT2D eigenvalue weighted by Gasteiger charge is 2.20. The number of H-pyrrole nitrogens is 1. The third-order valence-corrected chi connectivity index (χ3v) is 4.25. The maximum atomic E-state index is 12.7. The summed E-state index contributed by atoms with van der Waals surface area (Å²) in [4.78, 5) is 23.8. The molecular formula is C17H13Cl2N3O2. The van der Waals surface area contributed by atoms with Crippen molar-refractivity contribution in [3.8, 4) is 0 Å². The lowest BCUT2D eigenvalue weighted by molar-refractivity contribution is 0.103. The molecule has 0 atom stereocenters. The molecule has 0 saturated carbocycles. The van der Waals surface area contributed by atoms with Gasteiger partial charge in [0.2, 0.25) is 5.78 Å². The molecule has 5 nitrogen and oxygen atoms in total. The number of aromatic amines is 1. The largest absolute Gasteiger partial charge is 0.343 e. The Kier molecular flexibility index (Phi) is 4.55. The number of nitrogens with zero attached hydrogens (tertiary/aromatic N) is 2. The molecule has 3 aromatic rings. The molecule has 0 spiro atoms.